The Morgan fingerprint density at radius 2 is 1.76 bits per heavy atom. The molecule has 2 aromatic heterocycles. The molecule has 1 aliphatic heterocycles. The van der Waals surface area contributed by atoms with E-state index in [-0.39, 0.29) is 72.0 Å². The number of amides is 2. The summed E-state index contributed by atoms with van der Waals surface area (Å²) in [5, 5.41) is 26.0. The number of rotatable bonds is 18. The van der Waals surface area contributed by atoms with Crippen molar-refractivity contribution in [2.75, 3.05) is 37.8 Å². The summed E-state index contributed by atoms with van der Waals surface area (Å²) < 4.78 is 61.7. The van der Waals surface area contributed by atoms with Crippen LogP contribution in [-0.4, -0.2) is 118 Å². The van der Waals surface area contributed by atoms with Gasteiger partial charge in [0.25, 0.3) is 0 Å². The molecule has 10 N–H and O–H groups in total. The minimum Gasteiger partial charge on any atom is -0.791 e. The number of phosphoric ester groups is 3. The van der Waals surface area contributed by atoms with E-state index in [2.05, 4.69) is 34.4 Å². The number of carbonyl (C=O) groups excluding carboxylic acids is 2. The molecule has 2 aromatic rings. The van der Waals surface area contributed by atoms with Gasteiger partial charge in [-0.1, -0.05) is 13.8 Å². The molecule has 0 radical (unpaired) electrons. The quantitative estimate of drug-likeness (QED) is 0.0388. The SMILES string of the molecule is CC(C)(COP(=O)(O)OP(=O)(O)OC[C@H]1O[C@@H](n2cnc3c(N)ncnc32)[C@H](O)[C@@H]1OP(=O)(O)O)[C@@H](O)C(=O)NCCC(=O)NCC[S-].[Na+]. The molecule has 0 saturated carbocycles. The molecule has 0 aromatic carbocycles. The third kappa shape index (κ3) is 12.8. The fourth-order valence-corrected chi connectivity index (χ4v) is 7.06. The van der Waals surface area contributed by atoms with Gasteiger partial charge in [0.15, 0.2) is 17.7 Å². The summed E-state index contributed by atoms with van der Waals surface area (Å²) >= 11 is 4.71. The number of aliphatic hydroxyl groups is 2. The van der Waals surface area contributed by atoms with Crippen LogP contribution in [0.4, 0.5) is 5.82 Å². The number of nitrogens with zero attached hydrogens (tertiary/aromatic N) is 4. The molecule has 272 valence electrons. The zero-order valence-electron chi connectivity index (χ0n) is 26.2. The molecule has 7 atom stereocenters. The molecule has 0 aliphatic carbocycles. The average molecular weight is 790 g/mol. The predicted molar refractivity (Wildman–Crippen MR) is 162 cm³/mol. The summed E-state index contributed by atoms with van der Waals surface area (Å²) in [6.45, 7) is 0.654. The van der Waals surface area contributed by atoms with Crippen LogP contribution in [0.1, 0.15) is 26.5 Å². The maximum Gasteiger partial charge on any atom is 1.00 e. The van der Waals surface area contributed by atoms with Crippen LogP contribution in [-0.2, 0) is 58.5 Å². The maximum absolute atomic E-state index is 12.6. The van der Waals surface area contributed by atoms with Gasteiger partial charge in [0.1, 0.15) is 36.3 Å². The second-order valence-electron chi connectivity index (χ2n) is 10.8. The first-order valence-electron chi connectivity index (χ1n) is 13.6. The summed E-state index contributed by atoms with van der Waals surface area (Å²) in [7, 11) is -16.3. The van der Waals surface area contributed by atoms with Crippen LogP contribution in [0.3, 0.4) is 0 Å². The van der Waals surface area contributed by atoms with Crippen molar-refractivity contribution in [1.29, 1.82) is 0 Å². The Bertz CT molecular complexity index is 1600. The number of hydrogen-bond acceptors (Lipinski definition) is 17. The van der Waals surface area contributed by atoms with E-state index in [4.69, 9.17) is 32.1 Å². The number of aromatic nitrogens is 4. The summed E-state index contributed by atoms with van der Waals surface area (Å²) in [6, 6.07) is 0. The Kier molecular flexibility index (Phi) is 16.3. The normalized spacial score (nSPS) is 22.9. The van der Waals surface area contributed by atoms with E-state index < -0.39 is 78.6 Å². The molecule has 0 bridgehead atoms. The van der Waals surface area contributed by atoms with Gasteiger partial charge in [0.05, 0.1) is 19.5 Å². The molecular weight excluding hydrogens is 754 g/mol. The van der Waals surface area contributed by atoms with Crippen LogP contribution in [0.25, 0.3) is 11.2 Å². The largest absolute Gasteiger partial charge is 1.00 e. The maximum atomic E-state index is 12.6. The van der Waals surface area contributed by atoms with E-state index in [1.54, 1.807) is 0 Å². The number of ether oxygens (including phenoxy) is 1. The Labute approximate surface area is 305 Å². The molecule has 28 heteroatoms. The molecule has 2 amide bonds. The van der Waals surface area contributed by atoms with Gasteiger partial charge in [-0.15, -0.1) is 0 Å². The third-order valence-electron chi connectivity index (χ3n) is 6.50. The zero-order chi connectivity index (χ0) is 36.1. The Morgan fingerprint density at radius 3 is 2.39 bits per heavy atom. The number of nitrogens with two attached hydrogens (primary N) is 1. The van der Waals surface area contributed by atoms with Crippen LogP contribution in [0, 0.1) is 5.41 Å². The number of nitrogen functional groups attached to an aromatic ring is 1. The molecule has 3 rings (SSSR count). The second kappa shape index (κ2) is 18.1. The van der Waals surface area contributed by atoms with E-state index in [1.165, 1.54) is 13.8 Å². The first-order valence-corrected chi connectivity index (χ1v) is 18.7. The minimum atomic E-state index is -5.54. The van der Waals surface area contributed by atoms with Crippen LogP contribution in [0.15, 0.2) is 12.7 Å². The number of carbonyl (C=O) groups is 2. The Hall–Kier alpha value is -1.11. The van der Waals surface area contributed by atoms with E-state index in [1.807, 2.05) is 0 Å². The molecule has 2 unspecified atom stereocenters. The van der Waals surface area contributed by atoms with Crippen molar-refractivity contribution >= 4 is 64.9 Å². The van der Waals surface area contributed by atoms with Gasteiger partial charge in [-0.25, -0.2) is 28.6 Å². The van der Waals surface area contributed by atoms with Crippen LogP contribution < -0.4 is 45.9 Å². The van der Waals surface area contributed by atoms with Gasteiger partial charge in [0.2, 0.25) is 11.8 Å². The standard InChI is InChI=1S/C21H36N7O16P3S.Na/c1-21(2,16(31)19(32)24-4-3-12(29)23-5-6-48)8-41-47(38,39)44-46(36,37)40-7-11-15(43-45(33,34)35)14(30)20(42-11)28-10-27-13-17(22)25-9-26-18(13)28;/h9-11,14-16,20,30-31,48H,3-8H2,1-2H3,(H,23,29)(H,24,32)(H,36,37)(H,38,39)(H2,22,25,26)(H2,33,34,35);/q;+1/p-1/t11-,14-,15-,16+,20-;/m1./s1. The van der Waals surface area contributed by atoms with Crippen LogP contribution >= 0.6 is 23.5 Å². The summed E-state index contributed by atoms with van der Waals surface area (Å²) in [5.74, 6) is -1.08. The number of aliphatic hydroxyl groups excluding tert-OH is 2. The fourth-order valence-electron chi connectivity index (χ4n) is 4.13. The smallest absolute Gasteiger partial charge is 0.791 e. The van der Waals surface area contributed by atoms with Crippen LogP contribution in [0.5, 0.6) is 0 Å². The molecule has 0 spiro atoms. The van der Waals surface area contributed by atoms with Gasteiger partial charge >= 0.3 is 53.0 Å². The number of phosphoric acid groups is 3. The van der Waals surface area contributed by atoms with Gasteiger partial charge in [-0.3, -0.25) is 27.7 Å². The minimum absolute atomic E-state index is 0. The number of hydrogen-bond donors (Lipinski definition) is 9. The Morgan fingerprint density at radius 1 is 1.10 bits per heavy atom. The zero-order valence-corrected chi connectivity index (χ0v) is 31.7. The second-order valence-corrected chi connectivity index (χ2v) is 15.4. The van der Waals surface area contributed by atoms with Gasteiger partial charge in [0, 0.05) is 18.4 Å². The van der Waals surface area contributed by atoms with E-state index in [9.17, 15) is 53.1 Å². The van der Waals surface area contributed by atoms with Crippen molar-refractivity contribution in [3.8, 4) is 0 Å². The van der Waals surface area contributed by atoms with Crippen molar-refractivity contribution in [2.45, 2.75) is 50.9 Å². The summed E-state index contributed by atoms with van der Waals surface area (Å²) in [6.07, 6.45) is -6.76. The van der Waals surface area contributed by atoms with Crippen molar-refractivity contribution in [2.24, 2.45) is 5.41 Å². The molecule has 1 aliphatic rings. The molecule has 23 nitrogen and oxygen atoms in total. The van der Waals surface area contributed by atoms with Crippen LogP contribution in [0.2, 0.25) is 0 Å². The summed E-state index contributed by atoms with van der Waals surface area (Å²) in [5.41, 5.74) is 4.29. The number of nitrogens with one attached hydrogen (secondary N) is 2. The molecule has 49 heavy (non-hydrogen) atoms. The molecule has 1 saturated heterocycles. The van der Waals surface area contributed by atoms with Gasteiger partial charge in [-0.05, 0) is 6.54 Å². The molecule has 1 fully saturated rings. The van der Waals surface area contributed by atoms with E-state index >= 15 is 0 Å². The van der Waals surface area contributed by atoms with E-state index in [0.717, 1.165) is 17.2 Å². The monoisotopic (exact) mass is 789 g/mol. The number of anilines is 1. The average Bonchev–Trinajstić information content (AvgIpc) is 3.54. The van der Waals surface area contributed by atoms with Crippen molar-refractivity contribution < 1.29 is 105 Å². The first-order chi connectivity index (χ1) is 22.2. The van der Waals surface area contributed by atoms with Crippen molar-refractivity contribution in [3.63, 3.8) is 0 Å². The fraction of sp³-hybridized carbons (Fsp3) is 0.667. The molecule has 3 heterocycles. The predicted octanol–water partition coefficient (Wildman–Crippen LogP) is -5.04. The number of imidazole rings is 1. The summed E-state index contributed by atoms with van der Waals surface area (Å²) in [4.78, 5) is 74.6. The Balaban J connectivity index is 0.00000833. The van der Waals surface area contributed by atoms with Gasteiger partial charge < -0.3 is 63.5 Å². The van der Waals surface area contributed by atoms with Crippen molar-refractivity contribution in [1.82, 2.24) is 30.2 Å². The van der Waals surface area contributed by atoms with Gasteiger partial charge in [-0.2, -0.15) is 10.1 Å². The van der Waals surface area contributed by atoms with E-state index in [0.29, 0.717) is 5.75 Å². The van der Waals surface area contributed by atoms with Crippen molar-refractivity contribution in [3.05, 3.63) is 12.7 Å². The number of fused-ring (bicyclic) bond motifs is 1. The third-order valence-corrected chi connectivity index (χ3v) is 9.81. The first kappa shape index (κ1) is 44.1. The molecular formula is C21H35N7NaO16P3S. The topological polar surface area (TPSA) is 347 Å².